The predicted molar refractivity (Wildman–Crippen MR) is 67.8 cm³/mol. The summed E-state index contributed by atoms with van der Waals surface area (Å²) in [7, 11) is 0. The highest BCUT2D eigenvalue weighted by Crippen LogP contribution is 2.30. The van der Waals surface area contributed by atoms with Crippen LogP contribution >= 0.6 is 0 Å². The van der Waals surface area contributed by atoms with Gasteiger partial charge in [0.05, 0.1) is 0 Å². The van der Waals surface area contributed by atoms with E-state index in [-0.39, 0.29) is 11.6 Å². The molecule has 4 heteroatoms. The summed E-state index contributed by atoms with van der Waals surface area (Å²) in [5.74, 6) is -1.61. The predicted octanol–water partition coefficient (Wildman–Crippen LogP) is 3.87. The maximum absolute atomic E-state index is 14.0. The largest absolute Gasteiger partial charge is 0.424 e. The maximum atomic E-state index is 14.0. The lowest BCUT2D eigenvalue weighted by Crippen LogP contribution is -2.04. The van der Waals surface area contributed by atoms with Crippen molar-refractivity contribution >= 4 is 5.97 Å². The van der Waals surface area contributed by atoms with Crippen molar-refractivity contribution in [2.24, 2.45) is 0 Å². The quantitative estimate of drug-likeness (QED) is 0.606. The van der Waals surface area contributed by atoms with E-state index in [1.165, 1.54) is 25.1 Å². The van der Waals surface area contributed by atoms with Gasteiger partial charge in [0.1, 0.15) is 5.82 Å². The first-order chi connectivity index (χ1) is 8.99. The van der Waals surface area contributed by atoms with E-state index in [4.69, 9.17) is 4.74 Å². The molecule has 98 valence electrons. The van der Waals surface area contributed by atoms with Crippen molar-refractivity contribution in [1.29, 1.82) is 0 Å². The molecule has 19 heavy (non-hydrogen) atoms. The number of carbonyl (C=O) groups excluding carboxylic acids is 1. The monoisotopic (exact) mass is 262 g/mol. The number of benzene rings is 2. The van der Waals surface area contributed by atoms with Crippen LogP contribution in [0.5, 0.6) is 5.75 Å². The first-order valence-corrected chi connectivity index (χ1v) is 5.72. The van der Waals surface area contributed by atoms with E-state index in [2.05, 4.69) is 0 Å². The van der Waals surface area contributed by atoms with Crippen LogP contribution in [0.25, 0.3) is 11.1 Å². The van der Waals surface area contributed by atoms with Crippen LogP contribution in [0, 0.1) is 18.6 Å². The highest BCUT2D eigenvalue weighted by molar-refractivity contribution is 5.72. The SMILES string of the molecule is CC(=O)Oc1ccc(-c2ccc(F)cc2)c(C)c1F. The van der Waals surface area contributed by atoms with E-state index in [9.17, 15) is 13.6 Å². The molecule has 0 atom stereocenters. The van der Waals surface area contributed by atoms with Crippen LogP contribution in [0.2, 0.25) is 0 Å². The molecule has 0 saturated carbocycles. The molecule has 0 aliphatic heterocycles. The van der Waals surface area contributed by atoms with E-state index >= 15 is 0 Å². The van der Waals surface area contributed by atoms with Gasteiger partial charge in [-0.15, -0.1) is 0 Å². The fourth-order valence-corrected chi connectivity index (χ4v) is 1.84. The van der Waals surface area contributed by atoms with Crippen LogP contribution in [0.15, 0.2) is 36.4 Å². The van der Waals surface area contributed by atoms with Gasteiger partial charge >= 0.3 is 5.97 Å². The lowest BCUT2D eigenvalue weighted by Gasteiger charge is -2.10. The third-order valence-electron chi connectivity index (χ3n) is 2.76. The summed E-state index contributed by atoms with van der Waals surface area (Å²) in [6.45, 7) is 2.80. The number of hydrogen-bond donors (Lipinski definition) is 0. The second kappa shape index (κ2) is 5.18. The molecule has 2 rings (SSSR count). The Labute approximate surface area is 109 Å². The van der Waals surface area contributed by atoms with Crippen LogP contribution in [0.3, 0.4) is 0 Å². The smallest absolute Gasteiger partial charge is 0.308 e. The summed E-state index contributed by atoms with van der Waals surface area (Å²) in [4.78, 5) is 10.8. The van der Waals surface area contributed by atoms with Crippen molar-refractivity contribution in [3.63, 3.8) is 0 Å². The molecule has 2 nitrogen and oxygen atoms in total. The van der Waals surface area contributed by atoms with Gasteiger partial charge in [0.2, 0.25) is 0 Å². The molecule has 0 aliphatic carbocycles. The molecule has 0 aliphatic rings. The molecular formula is C15H12F2O2. The number of rotatable bonds is 2. The van der Waals surface area contributed by atoms with Crippen molar-refractivity contribution in [2.75, 3.05) is 0 Å². The summed E-state index contributed by atoms with van der Waals surface area (Å²) in [5.41, 5.74) is 1.69. The Morgan fingerprint density at radius 2 is 1.68 bits per heavy atom. The second-order valence-electron chi connectivity index (χ2n) is 4.15. The van der Waals surface area contributed by atoms with Crippen molar-refractivity contribution in [3.8, 4) is 16.9 Å². The number of hydrogen-bond acceptors (Lipinski definition) is 2. The van der Waals surface area contributed by atoms with Gasteiger partial charge in [-0.25, -0.2) is 8.78 Å². The molecule has 2 aromatic carbocycles. The van der Waals surface area contributed by atoms with Crippen molar-refractivity contribution < 1.29 is 18.3 Å². The molecule has 0 N–H and O–H groups in total. The summed E-state index contributed by atoms with van der Waals surface area (Å²) in [6, 6.07) is 8.80. The maximum Gasteiger partial charge on any atom is 0.308 e. The van der Waals surface area contributed by atoms with Gasteiger partial charge in [0, 0.05) is 6.92 Å². The van der Waals surface area contributed by atoms with Crippen LogP contribution in [-0.4, -0.2) is 5.97 Å². The molecule has 0 saturated heterocycles. The fourth-order valence-electron chi connectivity index (χ4n) is 1.84. The highest BCUT2D eigenvalue weighted by Gasteiger charge is 2.13. The minimum atomic E-state index is -0.586. The molecular weight excluding hydrogens is 250 g/mol. The van der Waals surface area contributed by atoms with Gasteiger partial charge in [-0.1, -0.05) is 18.2 Å². The normalized spacial score (nSPS) is 10.3. The standard InChI is InChI=1S/C15H12F2O2/c1-9-13(11-3-5-12(16)6-4-11)7-8-14(15(9)17)19-10(2)18/h3-8H,1-2H3. The van der Waals surface area contributed by atoms with Gasteiger partial charge in [0.25, 0.3) is 0 Å². The first kappa shape index (κ1) is 13.2. The molecule has 0 heterocycles. The van der Waals surface area contributed by atoms with Crippen LogP contribution in [0.1, 0.15) is 12.5 Å². The van der Waals surface area contributed by atoms with E-state index in [0.717, 1.165) is 0 Å². The summed E-state index contributed by atoms with van der Waals surface area (Å²) >= 11 is 0. The topological polar surface area (TPSA) is 26.3 Å². The number of halogens is 2. The summed E-state index contributed by atoms with van der Waals surface area (Å²) < 4.78 is 31.7. The first-order valence-electron chi connectivity index (χ1n) is 5.72. The highest BCUT2D eigenvalue weighted by atomic mass is 19.1. The van der Waals surface area contributed by atoms with E-state index in [1.807, 2.05) is 0 Å². The van der Waals surface area contributed by atoms with Crippen molar-refractivity contribution in [1.82, 2.24) is 0 Å². The van der Waals surface area contributed by atoms with Gasteiger partial charge in [-0.3, -0.25) is 4.79 Å². The van der Waals surface area contributed by atoms with Gasteiger partial charge in [-0.05, 0) is 41.8 Å². The average molecular weight is 262 g/mol. The van der Waals surface area contributed by atoms with Gasteiger partial charge in [-0.2, -0.15) is 0 Å². The zero-order valence-corrected chi connectivity index (χ0v) is 10.5. The van der Waals surface area contributed by atoms with Crippen LogP contribution in [-0.2, 0) is 4.79 Å². The average Bonchev–Trinajstić information content (AvgIpc) is 2.36. The van der Waals surface area contributed by atoms with E-state index in [1.54, 1.807) is 25.1 Å². The Hall–Kier alpha value is -2.23. The van der Waals surface area contributed by atoms with E-state index in [0.29, 0.717) is 16.7 Å². The van der Waals surface area contributed by atoms with Crippen LogP contribution in [0.4, 0.5) is 8.78 Å². The molecule has 0 bridgehead atoms. The lowest BCUT2D eigenvalue weighted by atomic mass is 10.00. The Bertz CT molecular complexity index is 619. The fraction of sp³-hybridized carbons (Fsp3) is 0.133. The Kier molecular flexibility index (Phi) is 3.60. The number of esters is 1. The Morgan fingerprint density at radius 3 is 2.26 bits per heavy atom. The third kappa shape index (κ3) is 2.78. The lowest BCUT2D eigenvalue weighted by molar-refractivity contribution is -0.132. The van der Waals surface area contributed by atoms with Crippen molar-refractivity contribution in [3.05, 3.63) is 53.6 Å². The van der Waals surface area contributed by atoms with E-state index < -0.39 is 11.8 Å². The molecule has 2 aromatic rings. The number of carbonyl (C=O) groups is 1. The molecule has 0 fully saturated rings. The molecule has 0 radical (unpaired) electrons. The number of ether oxygens (including phenoxy) is 1. The molecule has 0 spiro atoms. The summed E-state index contributed by atoms with van der Waals surface area (Å²) in [6.07, 6.45) is 0. The minimum absolute atomic E-state index is 0.101. The zero-order valence-electron chi connectivity index (χ0n) is 10.5. The second-order valence-corrected chi connectivity index (χ2v) is 4.15. The van der Waals surface area contributed by atoms with Crippen LogP contribution < -0.4 is 4.74 Å². The Morgan fingerprint density at radius 1 is 1.05 bits per heavy atom. The van der Waals surface area contributed by atoms with Gasteiger partial charge in [0.15, 0.2) is 11.6 Å². The Balaban J connectivity index is 2.46. The zero-order chi connectivity index (χ0) is 14.0. The summed E-state index contributed by atoms with van der Waals surface area (Å²) in [5, 5.41) is 0. The molecule has 0 unspecified atom stereocenters. The van der Waals surface area contributed by atoms with Crippen molar-refractivity contribution in [2.45, 2.75) is 13.8 Å². The minimum Gasteiger partial charge on any atom is -0.424 e. The third-order valence-corrected chi connectivity index (χ3v) is 2.76. The van der Waals surface area contributed by atoms with Gasteiger partial charge < -0.3 is 4.74 Å². The molecule has 0 aromatic heterocycles. The molecule has 0 amide bonds.